The van der Waals surface area contributed by atoms with Gasteiger partial charge in [-0.2, -0.15) is 0 Å². The smallest absolute Gasteiger partial charge is 0.109 e. The lowest BCUT2D eigenvalue weighted by molar-refractivity contribution is 0.253. The first-order valence-corrected chi connectivity index (χ1v) is 6.72. The van der Waals surface area contributed by atoms with Crippen LogP contribution in [0.5, 0.6) is 0 Å². The number of imidazole rings is 1. The number of rotatable bonds is 1. The van der Waals surface area contributed by atoms with Crippen LogP contribution in [0.25, 0.3) is 0 Å². The van der Waals surface area contributed by atoms with Crippen LogP contribution in [-0.2, 0) is 13.0 Å². The second-order valence-corrected chi connectivity index (χ2v) is 5.61. The third-order valence-corrected chi connectivity index (χ3v) is 4.18. The van der Waals surface area contributed by atoms with E-state index in [1.54, 1.807) is 0 Å². The lowest BCUT2D eigenvalue weighted by atomic mass is 9.94. The van der Waals surface area contributed by atoms with Crippen molar-refractivity contribution in [2.75, 3.05) is 20.1 Å². The first-order valence-electron chi connectivity index (χ1n) is 6.72. The molecule has 3 heterocycles. The van der Waals surface area contributed by atoms with Gasteiger partial charge in [0.25, 0.3) is 0 Å². The molecule has 1 fully saturated rings. The summed E-state index contributed by atoms with van der Waals surface area (Å²) in [5.41, 5.74) is 7.31. The first kappa shape index (κ1) is 11.2. The van der Waals surface area contributed by atoms with E-state index in [-0.39, 0.29) is 0 Å². The summed E-state index contributed by atoms with van der Waals surface area (Å²) in [4.78, 5) is 7.23. The summed E-state index contributed by atoms with van der Waals surface area (Å²) in [5, 5.41) is 0. The summed E-state index contributed by atoms with van der Waals surface area (Å²) in [6.45, 7) is 3.35. The van der Waals surface area contributed by atoms with Crippen molar-refractivity contribution >= 4 is 0 Å². The van der Waals surface area contributed by atoms with Crippen molar-refractivity contribution in [2.45, 2.75) is 44.2 Å². The number of aryl methyl sites for hydroxylation is 1. The molecule has 1 aromatic rings. The largest absolute Gasteiger partial charge is 0.333 e. The van der Waals surface area contributed by atoms with Crippen LogP contribution in [-0.4, -0.2) is 40.6 Å². The summed E-state index contributed by atoms with van der Waals surface area (Å²) in [7, 11) is 2.20. The first-order chi connectivity index (χ1) is 8.22. The van der Waals surface area contributed by atoms with Crippen LogP contribution < -0.4 is 5.73 Å². The highest BCUT2D eigenvalue weighted by atomic mass is 15.1. The van der Waals surface area contributed by atoms with Gasteiger partial charge in [-0.3, -0.25) is 0 Å². The van der Waals surface area contributed by atoms with E-state index in [1.807, 2.05) is 0 Å². The molecule has 0 bridgehead atoms. The molecule has 0 radical (unpaired) electrons. The lowest BCUT2D eigenvalue weighted by Crippen LogP contribution is -2.31. The number of aromatic nitrogens is 2. The second-order valence-electron chi connectivity index (χ2n) is 5.61. The van der Waals surface area contributed by atoms with E-state index in [9.17, 15) is 0 Å². The number of hydrogen-bond donors (Lipinski definition) is 1. The van der Waals surface area contributed by atoms with Crippen LogP contribution in [0.15, 0.2) is 6.20 Å². The van der Waals surface area contributed by atoms with Gasteiger partial charge < -0.3 is 15.2 Å². The summed E-state index contributed by atoms with van der Waals surface area (Å²) in [6, 6.07) is 0.321. The molecule has 0 aromatic carbocycles. The van der Waals surface area contributed by atoms with Crippen LogP contribution in [0, 0.1) is 0 Å². The molecule has 2 N–H and O–H groups in total. The molecule has 1 atom stereocenters. The van der Waals surface area contributed by atoms with Gasteiger partial charge in [-0.25, -0.2) is 4.98 Å². The monoisotopic (exact) mass is 234 g/mol. The predicted molar refractivity (Wildman–Crippen MR) is 68.0 cm³/mol. The van der Waals surface area contributed by atoms with E-state index in [2.05, 4.69) is 22.7 Å². The summed E-state index contributed by atoms with van der Waals surface area (Å²) in [6.07, 6.45) is 6.89. The van der Waals surface area contributed by atoms with Gasteiger partial charge >= 0.3 is 0 Å². The highest BCUT2D eigenvalue weighted by Crippen LogP contribution is 2.28. The number of fused-ring (bicyclic) bond motifs is 1. The maximum atomic E-state index is 6.00. The van der Waals surface area contributed by atoms with Gasteiger partial charge in [0, 0.05) is 31.1 Å². The molecule has 2 aliphatic heterocycles. The second kappa shape index (κ2) is 4.42. The minimum absolute atomic E-state index is 0.321. The molecule has 2 aliphatic rings. The molecule has 0 amide bonds. The number of likely N-dealkylation sites (tertiary alicyclic amines) is 1. The quantitative estimate of drug-likeness (QED) is 0.787. The number of hydrogen-bond acceptors (Lipinski definition) is 3. The van der Waals surface area contributed by atoms with Gasteiger partial charge in [-0.1, -0.05) is 0 Å². The topological polar surface area (TPSA) is 47.1 Å². The molecule has 1 unspecified atom stereocenters. The van der Waals surface area contributed by atoms with Crippen molar-refractivity contribution in [3.63, 3.8) is 0 Å². The van der Waals surface area contributed by atoms with Crippen molar-refractivity contribution in [2.24, 2.45) is 5.73 Å². The average molecular weight is 234 g/mol. The van der Waals surface area contributed by atoms with Gasteiger partial charge in [0.2, 0.25) is 0 Å². The summed E-state index contributed by atoms with van der Waals surface area (Å²) in [5.74, 6) is 1.92. The average Bonchev–Trinajstić information content (AvgIpc) is 2.72. The van der Waals surface area contributed by atoms with E-state index in [4.69, 9.17) is 10.7 Å². The zero-order valence-corrected chi connectivity index (χ0v) is 10.6. The zero-order valence-electron chi connectivity index (χ0n) is 10.6. The summed E-state index contributed by atoms with van der Waals surface area (Å²) < 4.78 is 2.28. The van der Waals surface area contributed by atoms with E-state index in [1.165, 1.54) is 37.4 Å². The highest BCUT2D eigenvalue weighted by molar-refractivity contribution is 5.13. The van der Waals surface area contributed by atoms with Crippen LogP contribution in [0.1, 0.15) is 36.7 Å². The maximum absolute atomic E-state index is 6.00. The van der Waals surface area contributed by atoms with E-state index in [0.29, 0.717) is 12.0 Å². The number of piperidine rings is 1. The van der Waals surface area contributed by atoms with Crippen LogP contribution >= 0.6 is 0 Å². The fourth-order valence-corrected chi connectivity index (χ4v) is 2.99. The van der Waals surface area contributed by atoms with Crippen molar-refractivity contribution in [3.8, 4) is 0 Å². The molecule has 1 saturated heterocycles. The molecule has 3 rings (SSSR count). The van der Waals surface area contributed by atoms with Gasteiger partial charge in [-0.05, 0) is 39.4 Å². The van der Waals surface area contributed by atoms with Gasteiger partial charge in [0.1, 0.15) is 5.82 Å². The SMILES string of the molecule is CN1CCC(c2cn3c(n2)CCC(N)C3)CC1. The van der Waals surface area contributed by atoms with Gasteiger partial charge in [0.05, 0.1) is 5.69 Å². The minimum atomic E-state index is 0.321. The van der Waals surface area contributed by atoms with Crippen molar-refractivity contribution in [3.05, 3.63) is 17.7 Å². The third-order valence-electron chi connectivity index (χ3n) is 4.18. The minimum Gasteiger partial charge on any atom is -0.333 e. The van der Waals surface area contributed by atoms with Crippen molar-refractivity contribution in [1.82, 2.24) is 14.5 Å². The molecule has 4 heteroatoms. The van der Waals surface area contributed by atoms with Crippen molar-refractivity contribution in [1.29, 1.82) is 0 Å². The number of nitrogens with two attached hydrogens (primary N) is 1. The Morgan fingerprint density at radius 1 is 1.29 bits per heavy atom. The molecule has 1 aromatic heterocycles. The Bertz CT molecular complexity index is 390. The van der Waals surface area contributed by atoms with Crippen LogP contribution in [0.4, 0.5) is 0 Å². The van der Waals surface area contributed by atoms with Crippen molar-refractivity contribution < 1.29 is 0 Å². The van der Waals surface area contributed by atoms with Gasteiger partial charge in [0.15, 0.2) is 0 Å². The van der Waals surface area contributed by atoms with E-state index < -0.39 is 0 Å². The molecular weight excluding hydrogens is 212 g/mol. The fourth-order valence-electron chi connectivity index (χ4n) is 2.99. The standard InChI is InChI=1S/C13H22N4/c1-16-6-4-10(5-7-16)12-9-17-8-11(14)2-3-13(17)15-12/h9-11H,2-8,14H2,1H3. The molecule has 0 spiro atoms. The molecule has 17 heavy (non-hydrogen) atoms. The predicted octanol–water partition coefficient (Wildman–Crippen LogP) is 0.966. The van der Waals surface area contributed by atoms with Crippen LogP contribution in [0.3, 0.4) is 0 Å². The molecular formula is C13H22N4. The Hall–Kier alpha value is -0.870. The Kier molecular flexibility index (Phi) is 2.92. The molecule has 94 valence electrons. The number of nitrogens with zero attached hydrogens (tertiary/aromatic N) is 3. The zero-order chi connectivity index (χ0) is 11.8. The molecule has 0 aliphatic carbocycles. The Balaban J connectivity index is 1.76. The summed E-state index contributed by atoms with van der Waals surface area (Å²) >= 11 is 0. The highest BCUT2D eigenvalue weighted by Gasteiger charge is 2.24. The van der Waals surface area contributed by atoms with E-state index >= 15 is 0 Å². The fraction of sp³-hybridized carbons (Fsp3) is 0.769. The Morgan fingerprint density at radius 3 is 2.82 bits per heavy atom. The normalized spacial score (nSPS) is 27.1. The maximum Gasteiger partial charge on any atom is 0.109 e. The Morgan fingerprint density at radius 2 is 2.06 bits per heavy atom. The lowest BCUT2D eigenvalue weighted by Gasteiger charge is -2.27. The van der Waals surface area contributed by atoms with Crippen LogP contribution in [0.2, 0.25) is 0 Å². The Labute approximate surface area is 103 Å². The molecule has 4 nitrogen and oxygen atoms in total. The van der Waals surface area contributed by atoms with Gasteiger partial charge in [-0.15, -0.1) is 0 Å². The van der Waals surface area contributed by atoms with E-state index in [0.717, 1.165) is 19.4 Å². The third kappa shape index (κ3) is 2.24. The molecule has 0 saturated carbocycles.